The maximum atomic E-state index is 12.2. The SMILES string of the molecule is COc1ccc(CCNC(=O)c2cnc(CN3CCCC3)s2)cc1. The van der Waals surface area contributed by atoms with Gasteiger partial charge < -0.3 is 10.1 Å². The average molecular weight is 345 g/mol. The van der Waals surface area contributed by atoms with Crippen LogP contribution in [0.2, 0.25) is 0 Å². The smallest absolute Gasteiger partial charge is 0.263 e. The summed E-state index contributed by atoms with van der Waals surface area (Å²) in [6.45, 7) is 3.76. The van der Waals surface area contributed by atoms with E-state index >= 15 is 0 Å². The Labute approximate surface area is 146 Å². The third-order valence-corrected chi connectivity index (χ3v) is 5.17. The van der Waals surface area contributed by atoms with Gasteiger partial charge in [0.05, 0.1) is 19.9 Å². The minimum atomic E-state index is -0.0336. The number of rotatable bonds is 7. The van der Waals surface area contributed by atoms with E-state index in [1.165, 1.54) is 29.7 Å². The van der Waals surface area contributed by atoms with Crippen LogP contribution in [0.25, 0.3) is 0 Å². The van der Waals surface area contributed by atoms with Gasteiger partial charge in [0.15, 0.2) is 0 Å². The number of methoxy groups -OCH3 is 1. The topological polar surface area (TPSA) is 54.5 Å². The lowest BCUT2D eigenvalue weighted by molar-refractivity contribution is 0.0958. The van der Waals surface area contributed by atoms with Gasteiger partial charge in [-0.3, -0.25) is 9.69 Å². The summed E-state index contributed by atoms with van der Waals surface area (Å²) in [4.78, 5) is 19.7. The van der Waals surface area contributed by atoms with E-state index in [1.807, 2.05) is 24.3 Å². The Kier molecular flexibility index (Phi) is 5.82. The predicted octanol–water partition coefficient (Wildman–Crippen LogP) is 2.72. The molecular weight excluding hydrogens is 322 g/mol. The van der Waals surface area contributed by atoms with Gasteiger partial charge in [-0.15, -0.1) is 11.3 Å². The third kappa shape index (κ3) is 4.55. The van der Waals surface area contributed by atoms with E-state index in [1.54, 1.807) is 13.3 Å². The predicted molar refractivity (Wildman–Crippen MR) is 95.7 cm³/mol. The van der Waals surface area contributed by atoms with E-state index < -0.39 is 0 Å². The number of hydrogen-bond acceptors (Lipinski definition) is 5. The highest BCUT2D eigenvalue weighted by molar-refractivity contribution is 7.13. The minimum Gasteiger partial charge on any atom is -0.497 e. The van der Waals surface area contributed by atoms with Crippen LogP contribution in [0.1, 0.15) is 33.1 Å². The number of nitrogens with zero attached hydrogens (tertiary/aromatic N) is 2. The monoisotopic (exact) mass is 345 g/mol. The van der Waals surface area contributed by atoms with Crippen LogP contribution in [0.15, 0.2) is 30.5 Å². The molecule has 1 saturated heterocycles. The largest absolute Gasteiger partial charge is 0.497 e. The number of carbonyl (C=O) groups is 1. The van der Waals surface area contributed by atoms with Crippen molar-refractivity contribution in [3.8, 4) is 5.75 Å². The van der Waals surface area contributed by atoms with Gasteiger partial charge in [-0.2, -0.15) is 0 Å². The molecule has 1 fully saturated rings. The molecule has 1 aromatic carbocycles. The molecule has 2 heterocycles. The summed E-state index contributed by atoms with van der Waals surface area (Å²) < 4.78 is 5.14. The second kappa shape index (κ2) is 8.26. The molecule has 1 N–H and O–H groups in total. The van der Waals surface area contributed by atoms with Crippen LogP contribution in [0, 0.1) is 0 Å². The molecular formula is C18H23N3O2S. The lowest BCUT2D eigenvalue weighted by Gasteiger charge is -2.11. The fourth-order valence-electron chi connectivity index (χ4n) is 2.82. The quantitative estimate of drug-likeness (QED) is 0.838. The summed E-state index contributed by atoms with van der Waals surface area (Å²) in [6, 6.07) is 7.91. The lowest BCUT2D eigenvalue weighted by Crippen LogP contribution is -2.24. The Bertz CT molecular complexity index is 663. The number of amides is 1. The van der Waals surface area contributed by atoms with E-state index in [-0.39, 0.29) is 5.91 Å². The highest BCUT2D eigenvalue weighted by Gasteiger charge is 2.15. The average Bonchev–Trinajstić information content (AvgIpc) is 3.28. The van der Waals surface area contributed by atoms with E-state index in [0.29, 0.717) is 11.4 Å². The van der Waals surface area contributed by atoms with Crippen molar-refractivity contribution in [2.75, 3.05) is 26.7 Å². The van der Waals surface area contributed by atoms with Crippen LogP contribution in [-0.2, 0) is 13.0 Å². The number of aromatic nitrogens is 1. The van der Waals surface area contributed by atoms with Crippen LogP contribution < -0.4 is 10.1 Å². The van der Waals surface area contributed by atoms with Crippen LogP contribution >= 0.6 is 11.3 Å². The Hall–Kier alpha value is -1.92. The molecule has 3 rings (SSSR count). The number of nitrogens with one attached hydrogen (secondary N) is 1. The highest BCUT2D eigenvalue weighted by Crippen LogP contribution is 2.18. The van der Waals surface area contributed by atoms with Gasteiger partial charge in [0, 0.05) is 6.54 Å². The summed E-state index contributed by atoms with van der Waals surface area (Å²) >= 11 is 1.50. The fourth-order valence-corrected chi connectivity index (χ4v) is 3.70. The summed E-state index contributed by atoms with van der Waals surface area (Å²) in [5, 5.41) is 3.99. The van der Waals surface area contributed by atoms with Crippen molar-refractivity contribution in [1.29, 1.82) is 0 Å². The first-order valence-corrected chi connectivity index (χ1v) is 9.14. The number of likely N-dealkylation sites (tertiary alicyclic amines) is 1. The molecule has 0 aliphatic carbocycles. The second-order valence-corrected chi connectivity index (χ2v) is 7.07. The van der Waals surface area contributed by atoms with Crippen molar-refractivity contribution in [2.45, 2.75) is 25.8 Å². The molecule has 0 atom stereocenters. The molecule has 24 heavy (non-hydrogen) atoms. The van der Waals surface area contributed by atoms with Crippen LogP contribution in [0.4, 0.5) is 0 Å². The molecule has 128 valence electrons. The van der Waals surface area contributed by atoms with E-state index in [0.717, 1.165) is 36.8 Å². The summed E-state index contributed by atoms with van der Waals surface area (Å²) in [5.74, 6) is 0.812. The zero-order chi connectivity index (χ0) is 16.8. The lowest BCUT2D eigenvalue weighted by atomic mass is 10.1. The third-order valence-electron chi connectivity index (χ3n) is 4.19. The summed E-state index contributed by atoms with van der Waals surface area (Å²) in [6.07, 6.45) is 5.03. The number of carbonyl (C=O) groups excluding carboxylic acids is 1. The normalized spacial score (nSPS) is 14.7. The fraction of sp³-hybridized carbons (Fsp3) is 0.444. The first-order chi connectivity index (χ1) is 11.7. The van der Waals surface area contributed by atoms with Crippen LogP contribution in [0.3, 0.4) is 0 Å². The molecule has 0 saturated carbocycles. The molecule has 0 bridgehead atoms. The van der Waals surface area contributed by atoms with Gasteiger partial charge in [0.2, 0.25) is 0 Å². The Morgan fingerprint density at radius 1 is 1.29 bits per heavy atom. The Morgan fingerprint density at radius 3 is 2.75 bits per heavy atom. The van der Waals surface area contributed by atoms with Crippen LogP contribution in [0.5, 0.6) is 5.75 Å². The van der Waals surface area contributed by atoms with Crippen molar-refractivity contribution in [1.82, 2.24) is 15.2 Å². The molecule has 5 nitrogen and oxygen atoms in total. The van der Waals surface area contributed by atoms with E-state index in [9.17, 15) is 4.79 Å². The number of benzene rings is 1. The van der Waals surface area contributed by atoms with Gasteiger partial charge in [-0.05, 0) is 50.0 Å². The number of hydrogen-bond donors (Lipinski definition) is 1. The highest BCUT2D eigenvalue weighted by atomic mass is 32.1. The molecule has 0 unspecified atom stereocenters. The standard InChI is InChI=1S/C18H23N3O2S/c1-23-15-6-4-14(5-7-15)8-9-19-18(22)16-12-20-17(24-16)13-21-10-2-3-11-21/h4-7,12H,2-3,8-11,13H2,1H3,(H,19,22). The number of ether oxygens (including phenoxy) is 1. The molecule has 1 amide bonds. The van der Waals surface area contributed by atoms with E-state index in [4.69, 9.17) is 4.74 Å². The van der Waals surface area contributed by atoms with Crippen molar-refractivity contribution in [3.63, 3.8) is 0 Å². The molecule has 6 heteroatoms. The molecule has 1 aliphatic rings. The molecule has 0 spiro atoms. The van der Waals surface area contributed by atoms with Crippen molar-refractivity contribution in [3.05, 3.63) is 45.9 Å². The molecule has 1 aromatic heterocycles. The van der Waals surface area contributed by atoms with Gasteiger partial charge in [0.1, 0.15) is 15.6 Å². The first-order valence-electron chi connectivity index (χ1n) is 8.33. The van der Waals surface area contributed by atoms with Gasteiger partial charge >= 0.3 is 0 Å². The van der Waals surface area contributed by atoms with Gasteiger partial charge in [0.25, 0.3) is 5.91 Å². The zero-order valence-corrected chi connectivity index (χ0v) is 14.8. The van der Waals surface area contributed by atoms with Crippen molar-refractivity contribution in [2.24, 2.45) is 0 Å². The molecule has 2 aromatic rings. The van der Waals surface area contributed by atoms with Crippen LogP contribution in [-0.4, -0.2) is 42.5 Å². The van der Waals surface area contributed by atoms with E-state index in [2.05, 4.69) is 15.2 Å². The number of thiazole rings is 1. The summed E-state index contributed by atoms with van der Waals surface area (Å²) in [5.41, 5.74) is 1.18. The van der Waals surface area contributed by atoms with Crippen molar-refractivity contribution >= 4 is 17.2 Å². The Balaban J connectivity index is 1.45. The maximum Gasteiger partial charge on any atom is 0.263 e. The molecule has 1 aliphatic heterocycles. The summed E-state index contributed by atoms with van der Waals surface area (Å²) in [7, 11) is 1.66. The molecule has 0 radical (unpaired) electrons. The Morgan fingerprint density at radius 2 is 2.04 bits per heavy atom. The maximum absolute atomic E-state index is 12.2. The van der Waals surface area contributed by atoms with Gasteiger partial charge in [-0.1, -0.05) is 12.1 Å². The first kappa shape index (κ1) is 16.9. The zero-order valence-electron chi connectivity index (χ0n) is 14.0. The van der Waals surface area contributed by atoms with Crippen molar-refractivity contribution < 1.29 is 9.53 Å². The van der Waals surface area contributed by atoms with Gasteiger partial charge in [-0.25, -0.2) is 4.98 Å². The minimum absolute atomic E-state index is 0.0336. The second-order valence-electron chi connectivity index (χ2n) is 5.96.